The van der Waals surface area contributed by atoms with Gasteiger partial charge in [0.2, 0.25) is 0 Å². The highest BCUT2D eigenvalue weighted by atomic mass is 16.3. The molecule has 0 bridgehead atoms. The number of fused-ring (bicyclic) bond motifs is 2. The first-order valence-corrected chi connectivity index (χ1v) is 8.48. The lowest BCUT2D eigenvalue weighted by Gasteiger charge is -2.53. The molecule has 3 aliphatic carbocycles. The third-order valence-corrected chi connectivity index (χ3v) is 7.17. The Labute approximate surface area is 124 Å². The molecule has 0 spiro atoms. The smallest absolute Gasteiger partial charge is 0.0571 e. The van der Waals surface area contributed by atoms with Crippen molar-refractivity contribution in [2.24, 2.45) is 22.7 Å². The monoisotopic (exact) mass is 274 g/mol. The van der Waals surface area contributed by atoms with Crippen LogP contribution in [0.4, 0.5) is 0 Å². The Morgan fingerprint density at radius 2 is 2.00 bits per heavy atom. The standard InChI is InChI=1S/C19H30O/c1-13-16-9-8-15-7-5-6-11-19(15,4)17(16)10-12-18(13,3)14(2)20/h6,11,13-15,20H,5,7-10,12H2,1-4H3. The van der Waals surface area contributed by atoms with E-state index in [1.54, 1.807) is 11.1 Å². The Kier molecular flexibility index (Phi) is 3.40. The number of hydrogen-bond donors (Lipinski definition) is 1. The van der Waals surface area contributed by atoms with E-state index in [2.05, 4.69) is 32.9 Å². The van der Waals surface area contributed by atoms with E-state index in [4.69, 9.17) is 0 Å². The molecular weight excluding hydrogens is 244 g/mol. The molecule has 20 heavy (non-hydrogen) atoms. The van der Waals surface area contributed by atoms with E-state index in [1.165, 1.54) is 32.1 Å². The van der Waals surface area contributed by atoms with Gasteiger partial charge in [-0.1, -0.05) is 44.1 Å². The summed E-state index contributed by atoms with van der Waals surface area (Å²) in [4.78, 5) is 0. The van der Waals surface area contributed by atoms with Crippen LogP contribution >= 0.6 is 0 Å². The maximum Gasteiger partial charge on any atom is 0.0571 e. The molecule has 5 unspecified atom stereocenters. The topological polar surface area (TPSA) is 20.2 Å². The second kappa shape index (κ2) is 4.73. The summed E-state index contributed by atoms with van der Waals surface area (Å²) in [6.07, 6.45) is 12.3. The lowest BCUT2D eigenvalue weighted by atomic mass is 9.52. The number of allylic oxidation sites excluding steroid dienone is 4. The van der Waals surface area contributed by atoms with Crippen molar-refractivity contribution in [2.75, 3.05) is 0 Å². The van der Waals surface area contributed by atoms with Gasteiger partial charge in [0.05, 0.1) is 6.10 Å². The second-order valence-electron chi connectivity index (χ2n) is 7.91. The van der Waals surface area contributed by atoms with E-state index in [0.29, 0.717) is 11.3 Å². The first-order valence-electron chi connectivity index (χ1n) is 8.48. The van der Waals surface area contributed by atoms with Crippen molar-refractivity contribution in [1.82, 2.24) is 0 Å². The molecule has 0 aromatic heterocycles. The molecule has 0 amide bonds. The summed E-state index contributed by atoms with van der Waals surface area (Å²) in [6, 6.07) is 0. The zero-order valence-corrected chi connectivity index (χ0v) is 13.6. The predicted molar refractivity (Wildman–Crippen MR) is 84.4 cm³/mol. The Bertz CT molecular complexity index is 458. The van der Waals surface area contributed by atoms with Crippen LogP contribution in [0.15, 0.2) is 23.3 Å². The van der Waals surface area contributed by atoms with E-state index in [-0.39, 0.29) is 11.5 Å². The van der Waals surface area contributed by atoms with E-state index in [1.807, 2.05) is 6.92 Å². The van der Waals surface area contributed by atoms with Crippen molar-refractivity contribution in [2.45, 2.75) is 72.3 Å². The molecule has 0 fully saturated rings. The van der Waals surface area contributed by atoms with Gasteiger partial charge in [-0.3, -0.25) is 0 Å². The Morgan fingerprint density at radius 3 is 2.70 bits per heavy atom. The van der Waals surface area contributed by atoms with Gasteiger partial charge in [-0.15, -0.1) is 0 Å². The number of hydrogen-bond acceptors (Lipinski definition) is 1. The molecule has 0 heterocycles. The Morgan fingerprint density at radius 1 is 1.25 bits per heavy atom. The quantitative estimate of drug-likeness (QED) is 0.677. The van der Waals surface area contributed by atoms with Crippen molar-refractivity contribution in [3.63, 3.8) is 0 Å². The van der Waals surface area contributed by atoms with Gasteiger partial charge in [0.25, 0.3) is 0 Å². The summed E-state index contributed by atoms with van der Waals surface area (Å²) in [5.74, 6) is 1.38. The number of rotatable bonds is 1. The van der Waals surface area contributed by atoms with Gasteiger partial charge in [0, 0.05) is 5.41 Å². The lowest BCUT2D eigenvalue weighted by Crippen LogP contribution is -2.45. The molecule has 0 aliphatic heterocycles. The van der Waals surface area contributed by atoms with Crippen LogP contribution in [0.5, 0.6) is 0 Å². The number of aliphatic hydroxyl groups excluding tert-OH is 1. The molecule has 1 nitrogen and oxygen atoms in total. The minimum Gasteiger partial charge on any atom is -0.393 e. The van der Waals surface area contributed by atoms with E-state index < -0.39 is 0 Å². The second-order valence-corrected chi connectivity index (χ2v) is 7.91. The van der Waals surface area contributed by atoms with Gasteiger partial charge in [0.15, 0.2) is 0 Å². The fraction of sp³-hybridized carbons (Fsp3) is 0.789. The van der Waals surface area contributed by atoms with Gasteiger partial charge >= 0.3 is 0 Å². The van der Waals surface area contributed by atoms with Crippen LogP contribution in [0.2, 0.25) is 0 Å². The normalized spacial score (nSPS) is 45.9. The van der Waals surface area contributed by atoms with Gasteiger partial charge in [-0.05, 0) is 62.7 Å². The minimum absolute atomic E-state index is 0.0699. The summed E-state index contributed by atoms with van der Waals surface area (Å²) < 4.78 is 0. The van der Waals surface area contributed by atoms with Crippen molar-refractivity contribution in [3.8, 4) is 0 Å². The van der Waals surface area contributed by atoms with Crippen LogP contribution in [0.25, 0.3) is 0 Å². The molecule has 112 valence electrons. The van der Waals surface area contributed by atoms with Crippen LogP contribution in [0.1, 0.15) is 66.2 Å². The van der Waals surface area contributed by atoms with Crippen molar-refractivity contribution < 1.29 is 5.11 Å². The summed E-state index contributed by atoms with van der Waals surface area (Å²) in [7, 11) is 0. The minimum atomic E-state index is -0.209. The first-order chi connectivity index (χ1) is 9.39. The van der Waals surface area contributed by atoms with Gasteiger partial charge in [0.1, 0.15) is 0 Å². The van der Waals surface area contributed by atoms with Crippen molar-refractivity contribution in [3.05, 3.63) is 23.3 Å². The third-order valence-electron chi connectivity index (χ3n) is 7.17. The zero-order valence-electron chi connectivity index (χ0n) is 13.6. The highest BCUT2D eigenvalue weighted by Gasteiger charge is 2.48. The van der Waals surface area contributed by atoms with Gasteiger partial charge in [-0.2, -0.15) is 0 Å². The molecule has 5 atom stereocenters. The van der Waals surface area contributed by atoms with Crippen LogP contribution in [0, 0.1) is 22.7 Å². The summed E-state index contributed by atoms with van der Waals surface area (Å²) in [5.41, 5.74) is 3.81. The lowest BCUT2D eigenvalue weighted by molar-refractivity contribution is 0.00240. The molecule has 0 saturated heterocycles. The van der Waals surface area contributed by atoms with Crippen LogP contribution in [-0.2, 0) is 0 Å². The summed E-state index contributed by atoms with van der Waals surface area (Å²) in [6.45, 7) is 9.10. The highest BCUT2D eigenvalue weighted by Crippen LogP contribution is 2.58. The van der Waals surface area contributed by atoms with Crippen molar-refractivity contribution >= 4 is 0 Å². The Hall–Kier alpha value is -0.560. The number of aliphatic hydroxyl groups is 1. The molecule has 1 heteroatoms. The predicted octanol–water partition coefficient (Wildman–Crippen LogP) is 4.87. The van der Waals surface area contributed by atoms with Gasteiger partial charge in [-0.25, -0.2) is 0 Å². The molecular formula is C19H30O. The van der Waals surface area contributed by atoms with Crippen molar-refractivity contribution in [1.29, 1.82) is 0 Å². The molecule has 1 N–H and O–H groups in total. The maximum absolute atomic E-state index is 10.3. The van der Waals surface area contributed by atoms with Crippen LogP contribution in [0.3, 0.4) is 0 Å². The molecule has 3 rings (SSSR count). The average molecular weight is 274 g/mol. The fourth-order valence-electron chi connectivity index (χ4n) is 5.17. The van der Waals surface area contributed by atoms with Crippen LogP contribution < -0.4 is 0 Å². The molecule has 0 aromatic rings. The maximum atomic E-state index is 10.3. The molecule has 0 saturated carbocycles. The van der Waals surface area contributed by atoms with E-state index >= 15 is 0 Å². The molecule has 0 radical (unpaired) electrons. The average Bonchev–Trinajstić information content (AvgIpc) is 2.42. The van der Waals surface area contributed by atoms with Crippen LogP contribution in [-0.4, -0.2) is 11.2 Å². The third kappa shape index (κ3) is 1.85. The summed E-state index contributed by atoms with van der Waals surface area (Å²) >= 11 is 0. The SMILES string of the molecule is CC(O)C1(C)CCC2=C(CCC3CCC=CC23C)C1C. The van der Waals surface area contributed by atoms with E-state index in [0.717, 1.165) is 12.3 Å². The zero-order chi connectivity index (χ0) is 14.5. The summed E-state index contributed by atoms with van der Waals surface area (Å²) in [5, 5.41) is 10.3. The first kappa shape index (κ1) is 14.4. The Balaban J connectivity index is 2.03. The van der Waals surface area contributed by atoms with E-state index in [9.17, 15) is 5.11 Å². The largest absolute Gasteiger partial charge is 0.393 e. The van der Waals surface area contributed by atoms with Gasteiger partial charge < -0.3 is 5.11 Å². The fourth-order valence-corrected chi connectivity index (χ4v) is 5.17. The highest BCUT2D eigenvalue weighted by molar-refractivity contribution is 5.36. The molecule has 3 aliphatic rings. The molecule has 0 aromatic carbocycles.